The van der Waals surface area contributed by atoms with Gasteiger partial charge in [0.2, 0.25) is 0 Å². The standard InChI is InChI=1S/C18H14Cl2FN/c19-11-8-15-13-2-1-3-14(13)17(22-18(15)16(20)9-11)10-4-6-12(21)7-5-10/h1-2,4-9,13-14,17,22H,3H2/t13-,14-,17-/m1/s1. The van der Waals surface area contributed by atoms with Gasteiger partial charge in [0, 0.05) is 10.9 Å². The average Bonchev–Trinajstić information content (AvgIpc) is 2.97. The van der Waals surface area contributed by atoms with E-state index in [9.17, 15) is 4.39 Å². The number of hydrogen-bond acceptors (Lipinski definition) is 1. The van der Waals surface area contributed by atoms with Crippen LogP contribution in [0.15, 0.2) is 48.6 Å². The van der Waals surface area contributed by atoms with Gasteiger partial charge in [0.1, 0.15) is 5.82 Å². The van der Waals surface area contributed by atoms with Crippen molar-refractivity contribution >= 4 is 28.9 Å². The molecule has 0 saturated heterocycles. The summed E-state index contributed by atoms with van der Waals surface area (Å²) in [6.07, 6.45) is 5.42. The molecule has 0 bridgehead atoms. The van der Waals surface area contributed by atoms with Crippen molar-refractivity contribution < 1.29 is 4.39 Å². The zero-order valence-corrected chi connectivity index (χ0v) is 13.2. The average molecular weight is 334 g/mol. The Bertz CT molecular complexity index is 754. The predicted molar refractivity (Wildman–Crippen MR) is 89.2 cm³/mol. The number of nitrogens with one attached hydrogen (secondary N) is 1. The third-order valence-electron chi connectivity index (χ3n) is 4.61. The molecule has 4 heteroatoms. The van der Waals surface area contributed by atoms with Gasteiger partial charge in [-0.3, -0.25) is 0 Å². The lowest BCUT2D eigenvalue weighted by Gasteiger charge is -2.38. The van der Waals surface area contributed by atoms with Crippen molar-refractivity contribution in [2.75, 3.05) is 5.32 Å². The van der Waals surface area contributed by atoms with Gasteiger partial charge in [-0.2, -0.15) is 0 Å². The van der Waals surface area contributed by atoms with Gasteiger partial charge in [0.15, 0.2) is 0 Å². The first-order valence-electron chi connectivity index (χ1n) is 7.31. The van der Waals surface area contributed by atoms with Gasteiger partial charge in [0.05, 0.1) is 16.8 Å². The fraction of sp³-hybridized carbons (Fsp3) is 0.222. The molecule has 0 radical (unpaired) electrons. The summed E-state index contributed by atoms with van der Waals surface area (Å²) >= 11 is 12.5. The molecule has 2 aromatic carbocycles. The maximum atomic E-state index is 13.2. The van der Waals surface area contributed by atoms with Crippen molar-refractivity contribution in [1.82, 2.24) is 0 Å². The molecule has 1 heterocycles. The van der Waals surface area contributed by atoms with Gasteiger partial charge in [-0.05, 0) is 47.7 Å². The monoisotopic (exact) mass is 333 g/mol. The Morgan fingerprint density at radius 1 is 1.09 bits per heavy atom. The van der Waals surface area contributed by atoms with E-state index in [0.717, 1.165) is 23.2 Å². The highest BCUT2D eigenvalue weighted by Crippen LogP contribution is 2.52. The molecule has 0 aromatic heterocycles. The Labute approximate surface area is 138 Å². The van der Waals surface area contributed by atoms with Gasteiger partial charge in [-0.25, -0.2) is 4.39 Å². The molecule has 0 fully saturated rings. The van der Waals surface area contributed by atoms with Crippen LogP contribution in [0.3, 0.4) is 0 Å². The first-order chi connectivity index (χ1) is 10.6. The Morgan fingerprint density at radius 2 is 1.86 bits per heavy atom. The molecule has 3 atom stereocenters. The van der Waals surface area contributed by atoms with Crippen LogP contribution in [0, 0.1) is 11.7 Å². The molecule has 0 unspecified atom stereocenters. The van der Waals surface area contributed by atoms with E-state index in [1.54, 1.807) is 6.07 Å². The molecule has 112 valence electrons. The third kappa shape index (κ3) is 2.22. The smallest absolute Gasteiger partial charge is 0.123 e. The quantitative estimate of drug-likeness (QED) is 0.635. The molecule has 1 N–H and O–H groups in total. The second kappa shape index (κ2) is 5.29. The summed E-state index contributed by atoms with van der Waals surface area (Å²) in [5.41, 5.74) is 3.17. The lowest BCUT2D eigenvalue weighted by atomic mass is 9.77. The molecule has 1 aliphatic carbocycles. The van der Waals surface area contributed by atoms with E-state index in [1.807, 2.05) is 18.2 Å². The van der Waals surface area contributed by atoms with Crippen LogP contribution in [-0.4, -0.2) is 0 Å². The molecule has 0 spiro atoms. The van der Waals surface area contributed by atoms with Crippen molar-refractivity contribution in [3.63, 3.8) is 0 Å². The molecule has 1 nitrogen and oxygen atoms in total. The van der Waals surface area contributed by atoms with Crippen LogP contribution in [0.5, 0.6) is 0 Å². The number of allylic oxidation sites excluding steroid dienone is 2. The third-order valence-corrected chi connectivity index (χ3v) is 5.13. The fourth-order valence-corrected chi connectivity index (χ4v) is 4.18. The van der Waals surface area contributed by atoms with E-state index in [4.69, 9.17) is 23.2 Å². The highest BCUT2D eigenvalue weighted by atomic mass is 35.5. The lowest BCUT2D eigenvalue weighted by Crippen LogP contribution is -2.29. The minimum atomic E-state index is -0.217. The van der Waals surface area contributed by atoms with Gasteiger partial charge >= 0.3 is 0 Å². The summed E-state index contributed by atoms with van der Waals surface area (Å²) < 4.78 is 13.2. The maximum absolute atomic E-state index is 13.2. The molecular weight excluding hydrogens is 320 g/mol. The van der Waals surface area contributed by atoms with Crippen molar-refractivity contribution in [3.8, 4) is 0 Å². The number of benzene rings is 2. The largest absolute Gasteiger partial charge is 0.376 e. The molecule has 2 aliphatic rings. The molecule has 0 amide bonds. The Balaban J connectivity index is 1.82. The van der Waals surface area contributed by atoms with Crippen molar-refractivity contribution in [2.24, 2.45) is 5.92 Å². The normalized spacial score (nSPS) is 25.5. The number of anilines is 1. The minimum absolute atomic E-state index is 0.117. The molecule has 22 heavy (non-hydrogen) atoms. The first-order valence-corrected chi connectivity index (χ1v) is 8.06. The second-order valence-electron chi connectivity index (χ2n) is 5.88. The first kappa shape index (κ1) is 14.1. The Hall–Kier alpha value is -1.51. The van der Waals surface area contributed by atoms with Gasteiger partial charge in [0.25, 0.3) is 0 Å². The van der Waals surface area contributed by atoms with Crippen LogP contribution >= 0.6 is 23.2 Å². The van der Waals surface area contributed by atoms with Crippen molar-refractivity contribution in [3.05, 3.63) is 75.5 Å². The summed E-state index contributed by atoms with van der Waals surface area (Å²) in [5.74, 6) is 0.473. The van der Waals surface area contributed by atoms with E-state index in [-0.39, 0.29) is 11.9 Å². The minimum Gasteiger partial charge on any atom is -0.376 e. The summed E-state index contributed by atoms with van der Waals surface area (Å²) in [6.45, 7) is 0. The van der Waals surface area contributed by atoms with Crippen LogP contribution in [0.1, 0.15) is 29.5 Å². The summed E-state index contributed by atoms with van der Waals surface area (Å²) in [6, 6.07) is 10.6. The Morgan fingerprint density at radius 3 is 2.64 bits per heavy atom. The van der Waals surface area contributed by atoms with Gasteiger partial charge < -0.3 is 5.32 Å². The molecule has 0 saturated carbocycles. The van der Waals surface area contributed by atoms with Crippen LogP contribution in [0.25, 0.3) is 0 Å². The molecule has 1 aliphatic heterocycles. The van der Waals surface area contributed by atoms with E-state index >= 15 is 0 Å². The summed E-state index contributed by atoms with van der Waals surface area (Å²) in [5, 5.41) is 4.84. The molecule has 4 rings (SSSR count). The summed E-state index contributed by atoms with van der Waals surface area (Å²) in [4.78, 5) is 0. The zero-order valence-electron chi connectivity index (χ0n) is 11.7. The van der Waals surface area contributed by atoms with Crippen molar-refractivity contribution in [1.29, 1.82) is 0 Å². The van der Waals surface area contributed by atoms with Crippen LogP contribution in [-0.2, 0) is 0 Å². The van der Waals surface area contributed by atoms with Crippen LogP contribution in [0.4, 0.5) is 10.1 Å². The van der Waals surface area contributed by atoms with Crippen LogP contribution in [0.2, 0.25) is 10.0 Å². The Kier molecular flexibility index (Phi) is 3.39. The number of fused-ring (bicyclic) bond motifs is 3. The number of hydrogen-bond donors (Lipinski definition) is 1. The highest BCUT2D eigenvalue weighted by Gasteiger charge is 2.38. The predicted octanol–water partition coefficient (Wildman–Crippen LogP) is 5.96. The molecule has 2 aromatic rings. The van der Waals surface area contributed by atoms with E-state index in [0.29, 0.717) is 21.9 Å². The van der Waals surface area contributed by atoms with E-state index in [1.165, 1.54) is 12.1 Å². The second-order valence-corrected chi connectivity index (χ2v) is 6.72. The van der Waals surface area contributed by atoms with Crippen LogP contribution < -0.4 is 5.32 Å². The highest BCUT2D eigenvalue weighted by molar-refractivity contribution is 6.36. The number of halogens is 3. The molecular formula is C18H14Cl2FN. The zero-order chi connectivity index (χ0) is 15.3. The topological polar surface area (TPSA) is 12.0 Å². The maximum Gasteiger partial charge on any atom is 0.123 e. The van der Waals surface area contributed by atoms with Gasteiger partial charge in [-0.15, -0.1) is 0 Å². The SMILES string of the molecule is Fc1ccc([C@H]2Nc3c(Cl)cc(Cl)cc3[C@@H]3C=CC[C@@H]23)cc1. The van der Waals surface area contributed by atoms with E-state index in [2.05, 4.69) is 17.5 Å². The van der Waals surface area contributed by atoms with E-state index < -0.39 is 0 Å². The lowest BCUT2D eigenvalue weighted by molar-refractivity contribution is 0.425. The number of rotatable bonds is 1. The fourth-order valence-electron chi connectivity index (χ4n) is 3.62. The summed E-state index contributed by atoms with van der Waals surface area (Å²) in [7, 11) is 0. The van der Waals surface area contributed by atoms with Crippen molar-refractivity contribution in [2.45, 2.75) is 18.4 Å². The van der Waals surface area contributed by atoms with Gasteiger partial charge in [-0.1, -0.05) is 47.5 Å².